The quantitative estimate of drug-likeness (QED) is 0.470. The van der Waals surface area contributed by atoms with Crippen LogP contribution in [0.15, 0.2) is 54.9 Å². The summed E-state index contributed by atoms with van der Waals surface area (Å²) in [6.45, 7) is 2.67. The molecule has 1 aromatic heterocycles. The molecule has 2 saturated heterocycles. The van der Waals surface area contributed by atoms with Crippen molar-refractivity contribution in [2.45, 2.75) is 31.7 Å². The first-order valence-corrected chi connectivity index (χ1v) is 12.1. The van der Waals surface area contributed by atoms with Crippen LogP contribution < -0.4 is 15.1 Å². The van der Waals surface area contributed by atoms with Gasteiger partial charge in [0.25, 0.3) is 0 Å². The van der Waals surface area contributed by atoms with E-state index in [4.69, 9.17) is 4.74 Å². The monoisotopic (exact) mass is 531 g/mol. The molecule has 3 aromatic rings. The molecule has 12 heteroatoms. The van der Waals surface area contributed by atoms with E-state index < -0.39 is 29.8 Å². The van der Waals surface area contributed by atoms with Crippen molar-refractivity contribution < 1.29 is 31.9 Å². The van der Waals surface area contributed by atoms with E-state index in [1.165, 1.54) is 36.2 Å². The Morgan fingerprint density at radius 1 is 1.18 bits per heavy atom. The Kier molecular flexibility index (Phi) is 6.72. The van der Waals surface area contributed by atoms with Crippen molar-refractivity contribution in [1.29, 1.82) is 0 Å². The predicted molar refractivity (Wildman–Crippen MR) is 131 cm³/mol. The van der Waals surface area contributed by atoms with Gasteiger partial charge in [-0.05, 0) is 36.2 Å². The smallest absolute Gasteiger partial charge is 0.417 e. The lowest BCUT2D eigenvalue weighted by molar-refractivity contribution is -0.137. The second-order valence-corrected chi connectivity index (χ2v) is 9.33. The zero-order chi connectivity index (χ0) is 27.0. The molecule has 8 nitrogen and oxygen atoms in total. The minimum absolute atomic E-state index is 0.0579. The molecule has 2 atom stereocenters. The predicted octanol–water partition coefficient (Wildman–Crippen LogP) is 4.62. The number of ether oxygens (including phenoxy) is 1. The van der Waals surface area contributed by atoms with Crippen LogP contribution in [0.2, 0.25) is 0 Å². The number of benzene rings is 2. The Balaban J connectivity index is 1.27. The third kappa shape index (κ3) is 5.15. The van der Waals surface area contributed by atoms with Gasteiger partial charge in [0.1, 0.15) is 11.9 Å². The lowest BCUT2D eigenvalue weighted by Gasteiger charge is -2.21. The SMILES string of the molecule is CC(=O)NCC1CN(c2ccc(N3CCC(n4cc(-c5ccccc5C(F)(F)F)cn4)C3)c(F)c2)C(=O)O1. The number of amides is 2. The van der Waals surface area contributed by atoms with Gasteiger partial charge in [0.2, 0.25) is 5.91 Å². The third-order valence-electron chi connectivity index (χ3n) is 6.72. The molecule has 0 bridgehead atoms. The van der Waals surface area contributed by atoms with Crippen LogP contribution in [0.3, 0.4) is 0 Å². The number of nitrogens with zero attached hydrogens (tertiary/aromatic N) is 4. The second kappa shape index (κ2) is 9.99. The van der Waals surface area contributed by atoms with Gasteiger partial charge in [0, 0.05) is 31.8 Å². The maximum absolute atomic E-state index is 15.1. The largest absolute Gasteiger partial charge is 0.442 e. The number of carbonyl (C=O) groups excluding carboxylic acids is 2. The second-order valence-electron chi connectivity index (χ2n) is 9.33. The number of nitrogens with one attached hydrogen (secondary N) is 1. The third-order valence-corrected chi connectivity index (χ3v) is 6.72. The van der Waals surface area contributed by atoms with Gasteiger partial charge in [-0.3, -0.25) is 14.4 Å². The number of rotatable bonds is 6. The Bertz CT molecular complexity index is 1360. The van der Waals surface area contributed by atoms with Crippen LogP contribution >= 0.6 is 0 Å². The summed E-state index contributed by atoms with van der Waals surface area (Å²) in [4.78, 5) is 26.5. The number of hydrogen-bond donors (Lipinski definition) is 1. The topological polar surface area (TPSA) is 79.7 Å². The molecule has 2 unspecified atom stereocenters. The number of anilines is 2. The highest BCUT2D eigenvalue weighted by molar-refractivity contribution is 5.90. The Morgan fingerprint density at radius 3 is 2.71 bits per heavy atom. The molecule has 3 heterocycles. The first-order valence-electron chi connectivity index (χ1n) is 12.1. The fourth-order valence-electron chi connectivity index (χ4n) is 4.85. The Labute approximate surface area is 215 Å². The van der Waals surface area contributed by atoms with Crippen molar-refractivity contribution in [1.82, 2.24) is 15.1 Å². The molecule has 2 amide bonds. The van der Waals surface area contributed by atoms with Crippen molar-refractivity contribution in [2.75, 3.05) is 36.0 Å². The molecule has 38 heavy (non-hydrogen) atoms. The van der Waals surface area contributed by atoms with Gasteiger partial charge in [-0.15, -0.1) is 0 Å². The highest BCUT2D eigenvalue weighted by Crippen LogP contribution is 2.38. The lowest BCUT2D eigenvalue weighted by Crippen LogP contribution is -2.33. The highest BCUT2D eigenvalue weighted by atomic mass is 19.4. The van der Waals surface area contributed by atoms with Crippen LogP contribution in [0.5, 0.6) is 0 Å². The zero-order valence-electron chi connectivity index (χ0n) is 20.4. The molecular weight excluding hydrogens is 506 g/mol. The molecule has 2 aromatic carbocycles. The minimum atomic E-state index is -4.48. The maximum Gasteiger partial charge on any atom is 0.417 e. The number of carbonyl (C=O) groups is 2. The average Bonchev–Trinajstić information content (AvgIpc) is 3.62. The fraction of sp³-hybridized carbons (Fsp3) is 0.346. The van der Waals surface area contributed by atoms with Crippen LogP contribution in [0.25, 0.3) is 11.1 Å². The van der Waals surface area contributed by atoms with E-state index in [0.29, 0.717) is 36.4 Å². The van der Waals surface area contributed by atoms with Crippen LogP contribution in [0.4, 0.5) is 33.7 Å². The summed E-state index contributed by atoms with van der Waals surface area (Å²) in [5, 5.41) is 6.90. The molecule has 0 radical (unpaired) electrons. The van der Waals surface area contributed by atoms with Gasteiger partial charge in [-0.25, -0.2) is 9.18 Å². The first kappa shape index (κ1) is 25.6. The van der Waals surface area contributed by atoms with E-state index in [9.17, 15) is 22.8 Å². The number of cyclic esters (lactones) is 1. The molecule has 0 saturated carbocycles. The normalized spacial score (nSPS) is 19.7. The summed E-state index contributed by atoms with van der Waals surface area (Å²) in [5.74, 6) is -0.752. The molecule has 0 spiro atoms. The van der Waals surface area contributed by atoms with E-state index in [2.05, 4.69) is 10.4 Å². The summed E-state index contributed by atoms with van der Waals surface area (Å²) in [7, 11) is 0. The molecular formula is C26H25F4N5O3. The van der Waals surface area contributed by atoms with Crippen molar-refractivity contribution >= 4 is 23.4 Å². The van der Waals surface area contributed by atoms with Crippen molar-refractivity contribution in [3.05, 3.63) is 66.2 Å². The fourth-order valence-corrected chi connectivity index (χ4v) is 4.85. The molecule has 2 aliphatic rings. The van der Waals surface area contributed by atoms with Crippen LogP contribution in [-0.4, -0.2) is 54.1 Å². The van der Waals surface area contributed by atoms with Gasteiger partial charge in [0.15, 0.2) is 0 Å². The van der Waals surface area contributed by atoms with Crippen LogP contribution in [0, 0.1) is 5.82 Å². The summed E-state index contributed by atoms with van der Waals surface area (Å²) in [6.07, 6.45) is -1.99. The molecule has 1 N–H and O–H groups in total. The molecule has 2 fully saturated rings. The van der Waals surface area contributed by atoms with E-state index in [-0.39, 0.29) is 30.6 Å². The van der Waals surface area contributed by atoms with Gasteiger partial charge >= 0.3 is 12.3 Å². The van der Waals surface area contributed by atoms with Crippen LogP contribution in [0.1, 0.15) is 24.9 Å². The van der Waals surface area contributed by atoms with E-state index in [1.807, 2.05) is 4.90 Å². The molecule has 5 rings (SSSR count). The standard InChI is InChI=1S/C26H25F4N5O3/c1-16(36)31-12-20-15-34(25(37)38-20)18-6-7-24(23(27)10-18)33-9-8-19(14-33)35-13-17(11-32-35)21-4-2-3-5-22(21)26(28,29)30/h2-7,10-11,13,19-20H,8-9,12,14-15H2,1H3,(H,31,36). The average molecular weight is 532 g/mol. The van der Waals surface area contributed by atoms with Gasteiger partial charge in [-0.1, -0.05) is 18.2 Å². The number of halogens is 4. The van der Waals surface area contributed by atoms with E-state index >= 15 is 4.39 Å². The summed E-state index contributed by atoms with van der Waals surface area (Å²) in [6, 6.07) is 9.71. The number of hydrogen-bond acceptors (Lipinski definition) is 5. The first-order chi connectivity index (χ1) is 18.1. The highest BCUT2D eigenvalue weighted by Gasteiger charge is 2.35. The summed E-state index contributed by atoms with van der Waals surface area (Å²) in [5.41, 5.74) is 0.396. The lowest BCUT2D eigenvalue weighted by atomic mass is 10.0. The number of alkyl halides is 3. The van der Waals surface area contributed by atoms with Gasteiger partial charge in [-0.2, -0.15) is 18.3 Å². The van der Waals surface area contributed by atoms with Crippen molar-refractivity contribution in [2.24, 2.45) is 0 Å². The zero-order valence-corrected chi connectivity index (χ0v) is 20.4. The molecule has 200 valence electrons. The Morgan fingerprint density at radius 2 is 1.97 bits per heavy atom. The van der Waals surface area contributed by atoms with E-state index in [0.717, 1.165) is 6.07 Å². The van der Waals surface area contributed by atoms with E-state index in [1.54, 1.807) is 29.1 Å². The number of aromatic nitrogens is 2. The van der Waals surface area contributed by atoms with Crippen molar-refractivity contribution in [3.63, 3.8) is 0 Å². The van der Waals surface area contributed by atoms with Crippen molar-refractivity contribution in [3.8, 4) is 11.1 Å². The summed E-state index contributed by atoms with van der Waals surface area (Å²) >= 11 is 0. The minimum Gasteiger partial charge on any atom is -0.442 e. The maximum atomic E-state index is 15.1. The summed E-state index contributed by atoms with van der Waals surface area (Å²) < 4.78 is 62.3. The molecule has 0 aliphatic carbocycles. The van der Waals surface area contributed by atoms with Crippen LogP contribution in [-0.2, 0) is 15.7 Å². The van der Waals surface area contributed by atoms with Gasteiger partial charge < -0.3 is 15.0 Å². The van der Waals surface area contributed by atoms with Gasteiger partial charge in [0.05, 0.1) is 42.3 Å². The Hall–Kier alpha value is -4.09. The molecule has 2 aliphatic heterocycles.